The average Bonchev–Trinajstić information content (AvgIpc) is 3.06. The van der Waals surface area contributed by atoms with Crippen LogP contribution in [0.3, 0.4) is 0 Å². The zero-order valence-corrected chi connectivity index (χ0v) is 18.8. The van der Waals surface area contributed by atoms with E-state index in [1.807, 2.05) is 45.3 Å². The second-order valence-corrected chi connectivity index (χ2v) is 9.81. The molecule has 0 N–H and O–H groups in total. The number of aromatic nitrogens is 2. The van der Waals surface area contributed by atoms with Crippen molar-refractivity contribution in [2.24, 2.45) is 0 Å². The molecule has 0 atom stereocenters. The van der Waals surface area contributed by atoms with Crippen molar-refractivity contribution in [2.75, 3.05) is 13.1 Å². The maximum Gasteiger partial charge on any atom is 0.410 e. The van der Waals surface area contributed by atoms with Crippen LogP contribution in [0.4, 0.5) is 4.79 Å². The van der Waals surface area contributed by atoms with Crippen molar-refractivity contribution in [3.63, 3.8) is 0 Å². The standard InChI is InChI=1S/C19H23BrClN3O2S/c1-19(2,3)26-18(25)23-9-7-13(8-10-23)24-11-16(22-12-24)27-15-6-4-5-14(20)17(15)21/h4-6,11-13H,7-10H2,1-3H3. The lowest BCUT2D eigenvalue weighted by Gasteiger charge is -2.33. The van der Waals surface area contributed by atoms with E-state index in [4.69, 9.17) is 16.3 Å². The van der Waals surface area contributed by atoms with Gasteiger partial charge in [-0.05, 0) is 61.7 Å². The molecule has 1 fully saturated rings. The molecule has 3 rings (SSSR count). The summed E-state index contributed by atoms with van der Waals surface area (Å²) < 4.78 is 8.48. The number of carbonyl (C=O) groups excluding carboxylic acids is 1. The lowest BCUT2D eigenvalue weighted by molar-refractivity contribution is 0.0188. The molecule has 1 aromatic heterocycles. The Morgan fingerprint density at radius 3 is 2.70 bits per heavy atom. The summed E-state index contributed by atoms with van der Waals surface area (Å²) in [6.07, 6.45) is 5.46. The summed E-state index contributed by atoms with van der Waals surface area (Å²) in [6.45, 7) is 7.05. The maximum absolute atomic E-state index is 12.2. The Kier molecular flexibility index (Phi) is 6.43. The van der Waals surface area contributed by atoms with Gasteiger partial charge < -0.3 is 14.2 Å². The molecule has 1 aliphatic heterocycles. The highest BCUT2D eigenvalue weighted by atomic mass is 79.9. The van der Waals surface area contributed by atoms with Crippen LogP contribution in [-0.2, 0) is 4.74 Å². The molecule has 0 spiro atoms. The molecule has 0 radical (unpaired) electrons. The van der Waals surface area contributed by atoms with Crippen molar-refractivity contribution in [2.45, 2.75) is 55.2 Å². The first-order chi connectivity index (χ1) is 12.7. The number of benzene rings is 1. The van der Waals surface area contributed by atoms with Crippen molar-refractivity contribution in [1.82, 2.24) is 14.5 Å². The predicted octanol–water partition coefficient (Wildman–Crippen LogP) is 6.02. The first-order valence-electron chi connectivity index (χ1n) is 8.86. The van der Waals surface area contributed by atoms with Crippen molar-refractivity contribution < 1.29 is 9.53 Å². The molecule has 0 saturated carbocycles. The molecule has 1 amide bonds. The maximum atomic E-state index is 12.2. The highest BCUT2D eigenvalue weighted by Gasteiger charge is 2.27. The van der Waals surface area contributed by atoms with Gasteiger partial charge in [0, 0.05) is 34.7 Å². The fraction of sp³-hybridized carbons (Fsp3) is 0.474. The van der Waals surface area contributed by atoms with E-state index in [1.165, 1.54) is 0 Å². The number of carbonyl (C=O) groups is 1. The minimum absolute atomic E-state index is 0.230. The third kappa shape index (κ3) is 5.42. The fourth-order valence-electron chi connectivity index (χ4n) is 2.92. The zero-order chi connectivity index (χ0) is 19.6. The normalized spacial score (nSPS) is 15.8. The van der Waals surface area contributed by atoms with Gasteiger partial charge in [-0.25, -0.2) is 9.78 Å². The third-order valence-electron chi connectivity index (χ3n) is 4.25. The van der Waals surface area contributed by atoms with Crippen LogP contribution < -0.4 is 0 Å². The number of amides is 1. The van der Waals surface area contributed by atoms with Crippen molar-refractivity contribution in [3.05, 3.63) is 40.2 Å². The molecule has 1 aliphatic rings. The highest BCUT2D eigenvalue weighted by molar-refractivity contribution is 9.10. The number of nitrogens with zero attached hydrogens (tertiary/aromatic N) is 3. The molecule has 5 nitrogen and oxygen atoms in total. The van der Waals surface area contributed by atoms with Gasteiger partial charge in [0.25, 0.3) is 0 Å². The summed E-state index contributed by atoms with van der Waals surface area (Å²) in [5.41, 5.74) is -0.460. The van der Waals surface area contributed by atoms with E-state index in [0.29, 0.717) is 24.2 Å². The summed E-state index contributed by atoms with van der Waals surface area (Å²) in [7, 11) is 0. The van der Waals surface area contributed by atoms with Crippen molar-refractivity contribution in [3.8, 4) is 0 Å². The van der Waals surface area contributed by atoms with Gasteiger partial charge >= 0.3 is 6.09 Å². The molecule has 1 saturated heterocycles. The average molecular weight is 473 g/mol. The molecular formula is C19H23BrClN3O2S. The third-order valence-corrected chi connectivity index (χ3v) is 6.63. The molecule has 0 bridgehead atoms. The fourth-order valence-corrected chi connectivity index (χ4v) is 4.50. The van der Waals surface area contributed by atoms with Crippen LogP contribution >= 0.6 is 39.3 Å². The topological polar surface area (TPSA) is 47.4 Å². The number of hydrogen-bond acceptors (Lipinski definition) is 4. The van der Waals surface area contributed by atoms with Gasteiger partial charge in [-0.15, -0.1) is 0 Å². The number of rotatable bonds is 3. The minimum Gasteiger partial charge on any atom is -0.444 e. The highest BCUT2D eigenvalue weighted by Crippen LogP contribution is 2.37. The van der Waals surface area contributed by atoms with E-state index in [1.54, 1.807) is 16.7 Å². The SMILES string of the molecule is CC(C)(C)OC(=O)N1CCC(n2cnc(Sc3cccc(Br)c3Cl)c2)CC1. The number of hydrogen-bond donors (Lipinski definition) is 0. The molecule has 1 aromatic carbocycles. The van der Waals surface area contributed by atoms with E-state index in [-0.39, 0.29) is 6.09 Å². The Morgan fingerprint density at radius 1 is 1.33 bits per heavy atom. The molecule has 0 aliphatic carbocycles. The summed E-state index contributed by atoms with van der Waals surface area (Å²) in [6, 6.07) is 6.20. The smallest absolute Gasteiger partial charge is 0.410 e. The van der Waals surface area contributed by atoms with Gasteiger partial charge in [0.1, 0.15) is 10.6 Å². The molecule has 2 heterocycles. The van der Waals surface area contributed by atoms with Gasteiger partial charge in [-0.2, -0.15) is 0 Å². The van der Waals surface area contributed by atoms with E-state index < -0.39 is 5.60 Å². The van der Waals surface area contributed by atoms with Gasteiger partial charge in [-0.1, -0.05) is 29.4 Å². The van der Waals surface area contributed by atoms with Crippen LogP contribution in [0, 0.1) is 0 Å². The lowest BCUT2D eigenvalue weighted by Crippen LogP contribution is -2.42. The number of halogens is 2. The first kappa shape index (κ1) is 20.6. The largest absolute Gasteiger partial charge is 0.444 e. The Labute approximate surface area is 177 Å². The van der Waals surface area contributed by atoms with E-state index in [0.717, 1.165) is 27.2 Å². The summed E-state index contributed by atoms with van der Waals surface area (Å²) in [4.78, 5) is 19.5. The van der Waals surface area contributed by atoms with Crippen LogP contribution in [0.15, 0.2) is 45.1 Å². The van der Waals surface area contributed by atoms with Crippen LogP contribution in [0.5, 0.6) is 0 Å². The van der Waals surface area contributed by atoms with Crippen LogP contribution in [0.1, 0.15) is 39.7 Å². The summed E-state index contributed by atoms with van der Waals surface area (Å²) in [5.74, 6) is 0. The molecule has 27 heavy (non-hydrogen) atoms. The Hall–Kier alpha value is -1.18. The molecule has 8 heteroatoms. The number of imidazole rings is 1. The molecule has 146 valence electrons. The monoisotopic (exact) mass is 471 g/mol. The first-order valence-corrected chi connectivity index (χ1v) is 10.8. The van der Waals surface area contributed by atoms with Crippen LogP contribution in [0.25, 0.3) is 0 Å². The lowest BCUT2D eigenvalue weighted by atomic mass is 10.1. The zero-order valence-electron chi connectivity index (χ0n) is 15.6. The Bertz CT molecular complexity index is 814. The van der Waals surface area contributed by atoms with Crippen LogP contribution in [-0.4, -0.2) is 39.2 Å². The van der Waals surface area contributed by atoms with Crippen molar-refractivity contribution >= 4 is 45.4 Å². The number of likely N-dealkylation sites (tertiary alicyclic amines) is 1. The Balaban J connectivity index is 1.58. The van der Waals surface area contributed by atoms with Gasteiger partial charge in [0.2, 0.25) is 0 Å². The van der Waals surface area contributed by atoms with Gasteiger partial charge in [0.15, 0.2) is 0 Å². The van der Waals surface area contributed by atoms with Crippen molar-refractivity contribution in [1.29, 1.82) is 0 Å². The molecular weight excluding hydrogens is 450 g/mol. The van der Waals surface area contributed by atoms with Crippen LogP contribution in [0.2, 0.25) is 5.02 Å². The van der Waals surface area contributed by atoms with E-state index in [2.05, 4.69) is 31.7 Å². The minimum atomic E-state index is -0.460. The number of ether oxygens (including phenoxy) is 1. The molecule has 2 aromatic rings. The molecule has 0 unspecified atom stereocenters. The second kappa shape index (κ2) is 8.45. The van der Waals surface area contributed by atoms with Gasteiger partial charge in [-0.3, -0.25) is 0 Å². The Morgan fingerprint density at radius 2 is 2.04 bits per heavy atom. The number of piperidine rings is 1. The summed E-state index contributed by atoms with van der Waals surface area (Å²) in [5, 5.41) is 1.60. The van der Waals surface area contributed by atoms with Gasteiger partial charge in [0.05, 0.1) is 11.3 Å². The van der Waals surface area contributed by atoms with E-state index >= 15 is 0 Å². The quantitative estimate of drug-likeness (QED) is 0.548. The summed E-state index contributed by atoms with van der Waals surface area (Å²) >= 11 is 11.3. The van der Waals surface area contributed by atoms with E-state index in [9.17, 15) is 4.79 Å². The second-order valence-electron chi connectivity index (χ2n) is 7.51. The predicted molar refractivity (Wildman–Crippen MR) is 112 cm³/mol.